The minimum absolute atomic E-state index is 0.0556. The Hall–Kier alpha value is -0.810. The first-order chi connectivity index (χ1) is 8.49. The van der Waals surface area contributed by atoms with Crippen molar-refractivity contribution in [2.24, 2.45) is 5.92 Å². The van der Waals surface area contributed by atoms with Crippen molar-refractivity contribution in [3.05, 3.63) is 28.2 Å². The molecular formula is C13H15BrO3S. The quantitative estimate of drug-likeness (QED) is 0.470. The molecule has 0 saturated carbocycles. The van der Waals surface area contributed by atoms with Gasteiger partial charge in [-0.25, -0.2) is 0 Å². The Morgan fingerprint density at radius 2 is 2.11 bits per heavy atom. The van der Waals surface area contributed by atoms with Crippen molar-refractivity contribution < 1.29 is 14.3 Å². The molecule has 1 aromatic carbocycles. The van der Waals surface area contributed by atoms with Crippen LogP contribution >= 0.6 is 27.7 Å². The maximum atomic E-state index is 12.2. The number of carbonyl (C=O) groups excluding carboxylic acids is 2. The number of benzene rings is 1. The fourth-order valence-electron chi connectivity index (χ4n) is 1.51. The molecule has 0 fully saturated rings. The van der Waals surface area contributed by atoms with Crippen LogP contribution in [0.1, 0.15) is 23.7 Å². The number of thioether (sulfide) groups is 1. The predicted octanol–water partition coefficient (Wildman–Crippen LogP) is 3.55. The van der Waals surface area contributed by atoms with E-state index in [-0.39, 0.29) is 24.1 Å². The smallest absolute Gasteiger partial charge is 0.306 e. The Morgan fingerprint density at radius 1 is 1.44 bits per heavy atom. The van der Waals surface area contributed by atoms with Crippen molar-refractivity contribution in [1.82, 2.24) is 0 Å². The van der Waals surface area contributed by atoms with Crippen LogP contribution in [0.2, 0.25) is 0 Å². The molecule has 0 spiro atoms. The highest BCUT2D eigenvalue weighted by Gasteiger charge is 2.20. The normalized spacial score (nSPS) is 12.0. The van der Waals surface area contributed by atoms with E-state index < -0.39 is 0 Å². The van der Waals surface area contributed by atoms with Gasteiger partial charge in [-0.15, -0.1) is 11.8 Å². The molecule has 0 heterocycles. The van der Waals surface area contributed by atoms with Gasteiger partial charge in [-0.1, -0.05) is 22.9 Å². The van der Waals surface area contributed by atoms with Gasteiger partial charge in [0.25, 0.3) is 0 Å². The third-order valence-electron chi connectivity index (χ3n) is 2.59. The third kappa shape index (κ3) is 3.85. The van der Waals surface area contributed by atoms with Gasteiger partial charge < -0.3 is 4.74 Å². The second-order valence-corrected chi connectivity index (χ2v) is 5.63. The lowest BCUT2D eigenvalue weighted by Gasteiger charge is -2.11. The highest BCUT2D eigenvalue weighted by Crippen LogP contribution is 2.26. The molecule has 0 aliphatic heterocycles. The fraction of sp³-hybridized carbons (Fsp3) is 0.385. The van der Waals surface area contributed by atoms with Crippen molar-refractivity contribution in [3.8, 4) is 0 Å². The average molecular weight is 331 g/mol. The largest absolute Gasteiger partial charge is 0.469 e. The molecular weight excluding hydrogens is 316 g/mol. The summed E-state index contributed by atoms with van der Waals surface area (Å²) in [4.78, 5) is 24.4. The van der Waals surface area contributed by atoms with Gasteiger partial charge in [-0.2, -0.15) is 0 Å². The van der Waals surface area contributed by atoms with Crippen LogP contribution in [-0.2, 0) is 9.53 Å². The molecule has 0 saturated heterocycles. The van der Waals surface area contributed by atoms with Crippen molar-refractivity contribution in [1.29, 1.82) is 0 Å². The Morgan fingerprint density at radius 3 is 2.61 bits per heavy atom. The van der Waals surface area contributed by atoms with Gasteiger partial charge >= 0.3 is 5.97 Å². The lowest BCUT2D eigenvalue weighted by molar-refractivity contribution is -0.141. The highest BCUT2D eigenvalue weighted by molar-refractivity contribution is 9.10. The Balaban J connectivity index is 2.86. The second kappa shape index (κ2) is 6.95. The zero-order valence-electron chi connectivity index (χ0n) is 10.5. The summed E-state index contributed by atoms with van der Waals surface area (Å²) in [5.74, 6) is -0.804. The van der Waals surface area contributed by atoms with E-state index in [4.69, 9.17) is 0 Å². The third-order valence-corrected chi connectivity index (χ3v) is 3.97. The number of esters is 1. The van der Waals surface area contributed by atoms with Crippen LogP contribution in [0.15, 0.2) is 27.6 Å². The topological polar surface area (TPSA) is 43.4 Å². The SMILES string of the molecule is COC(=O)CC(C)C(=O)c1ccc(SC)cc1Br. The fourth-order valence-corrected chi connectivity index (χ4v) is 2.68. The highest BCUT2D eigenvalue weighted by atomic mass is 79.9. The van der Waals surface area contributed by atoms with Gasteiger partial charge in [0.2, 0.25) is 0 Å². The van der Waals surface area contributed by atoms with Crippen LogP contribution in [0.5, 0.6) is 0 Å². The van der Waals surface area contributed by atoms with E-state index in [0.29, 0.717) is 5.56 Å². The Labute approximate surface area is 119 Å². The number of Topliss-reactive ketones (excluding diaryl/α,β-unsaturated/α-hetero) is 1. The van der Waals surface area contributed by atoms with Gasteiger partial charge in [0, 0.05) is 20.8 Å². The number of rotatable bonds is 5. The molecule has 1 unspecified atom stereocenters. The number of halogens is 1. The number of methoxy groups -OCH3 is 1. The van der Waals surface area contributed by atoms with Crippen molar-refractivity contribution >= 4 is 39.4 Å². The van der Waals surface area contributed by atoms with E-state index >= 15 is 0 Å². The molecule has 98 valence electrons. The second-order valence-electron chi connectivity index (χ2n) is 3.89. The summed E-state index contributed by atoms with van der Waals surface area (Å²) >= 11 is 5.00. The van der Waals surface area contributed by atoms with Gasteiger partial charge in [0.1, 0.15) is 0 Å². The van der Waals surface area contributed by atoms with Crippen LogP contribution in [0.25, 0.3) is 0 Å². The molecule has 18 heavy (non-hydrogen) atoms. The van der Waals surface area contributed by atoms with Crippen LogP contribution in [0.3, 0.4) is 0 Å². The number of carbonyl (C=O) groups is 2. The first kappa shape index (κ1) is 15.2. The van der Waals surface area contributed by atoms with Crippen LogP contribution in [0.4, 0.5) is 0 Å². The van der Waals surface area contributed by atoms with E-state index in [1.165, 1.54) is 7.11 Å². The molecule has 0 aliphatic rings. The number of hydrogen-bond acceptors (Lipinski definition) is 4. The number of ether oxygens (including phenoxy) is 1. The van der Waals surface area contributed by atoms with Gasteiger partial charge in [-0.05, 0) is 24.5 Å². The van der Waals surface area contributed by atoms with Crippen molar-refractivity contribution in [2.75, 3.05) is 13.4 Å². The molecule has 5 heteroatoms. The summed E-state index contributed by atoms with van der Waals surface area (Å²) < 4.78 is 5.33. The summed E-state index contributed by atoms with van der Waals surface area (Å²) in [6.45, 7) is 1.73. The maximum absolute atomic E-state index is 12.2. The molecule has 0 bridgehead atoms. The predicted molar refractivity (Wildman–Crippen MR) is 76.1 cm³/mol. The zero-order chi connectivity index (χ0) is 13.7. The molecule has 0 N–H and O–H groups in total. The van der Waals surface area contributed by atoms with E-state index in [0.717, 1.165) is 9.37 Å². The molecule has 3 nitrogen and oxygen atoms in total. The minimum atomic E-state index is -0.381. The number of ketones is 1. The maximum Gasteiger partial charge on any atom is 0.306 e. The monoisotopic (exact) mass is 330 g/mol. The lowest BCUT2D eigenvalue weighted by Crippen LogP contribution is -2.17. The summed E-state index contributed by atoms with van der Waals surface area (Å²) in [5.41, 5.74) is 0.601. The Kier molecular flexibility index (Phi) is 5.88. The standard InChI is InChI=1S/C13H15BrO3S/c1-8(6-12(15)17-2)13(16)10-5-4-9(18-3)7-11(10)14/h4-5,7-8H,6H2,1-3H3. The van der Waals surface area contributed by atoms with E-state index in [9.17, 15) is 9.59 Å². The molecule has 1 rings (SSSR count). The van der Waals surface area contributed by atoms with Crippen LogP contribution in [0, 0.1) is 5.92 Å². The molecule has 1 atom stereocenters. The first-order valence-corrected chi connectivity index (χ1v) is 7.46. The molecule has 1 aromatic rings. The van der Waals surface area contributed by atoms with Gasteiger partial charge in [0.05, 0.1) is 13.5 Å². The van der Waals surface area contributed by atoms with Crippen molar-refractivity contribution in [3.63, 3.8) is 0 Å². The first-order valence-electron chi connectivity index (χ1n) is 5.44. The molecule has 0 amide bonds. The summed E-state index contributed by atoms with van der Waals surface area (Å²) in [5, 5.41) is 0. The van der Waals surface area contributed by atoms with E-state index in [1.807, 2.05) is 18.4 Å². The minimum Gasteiger partial charge on any atom is -0.469 e. The molecule has 0 aliphatic carbocycles. The van der Waals surface area contributed by atoms with Crippen molar-refractivity contribution in [2.45, 2.75) is 18.2 Å². The average Bonchev–Trinajstić information content (AvgIpc) is 2.37. The molecule has 0 aromatic heterocycles. The van der Waals surface area contributed by atoms with Gasteiger partial charge in [-0.3, -0.25) is 9.59 Å². The lowest BCUT2D eigenvalue weighted by atomic mass is 9.96. The van der Waals surface area contributed by atoms with E-state index in [2.05, 4.69) is 20.7 Å². The summed E-state index contributed by atoms with van der Waals surface area (Å²) in [6.07, 6.45) is 2.08. The molecule has 0 radical (unpaired) electrons. The Bertz CT molecular complexity index is 460. The van der Waals surface area contributed by atoms with Crippen LogP contribution in [-0.4, -0.2) is 25.1 Å². The zero-order valence-corrected chi connectivity index (χ0v) is 12.9. The number of hydrogen-bond donors (Lipinski definition) is 0. The van der Waals surface area contributed by atoms with Gasteiger partial charge in [0.15, 0.2) is 5.78 Å². The van der Waals surface area contributed by atoms with Crippen LogP contribution < -0.4 is 0 Å². The summed E-state index contributed by atoms with van der Waals surface area (Å²) in [7, 11) is 1.32. The van der Waals surface area contributed by atoms with E-state index in [1.54, 1.807) is 24.8 Å². The summed E-state index contributed by atoms with van der Waals surface area (Å²) in [6, 6.07) is 5.59.